The van der Waals surface area contributed by atoms with Gasteiger partial charge in [0.15, 0.2) is 5.69 Å². The summed E-state index contributed by atoms with van der Waals surface area (Å²) in [4.78, 5) is 17.4. The second-order valence-corrected chi connectivity index (χ2v) is 8.58. The fraction of sp³-hybridized carbons (Fsp3) is 0.524. The molecule has 2 heterocycles. The van der Waals surface area contributed by atoms with E-state index in [1.54, 1.807) is 0 Å². The summed E-state index contributed by atoms with van der Waals surface area (Å²) in [7, 11) is 2.18. The molecule has 1 amide bonds. The van der Waals surface area contributed by atoms with Crippen LogP contribution in [0.15, 0.2) is 34.8 Å². The number of aromatic nitrogens is 2. The first-order chi connectivity index (χ1) is 13.5. The number of rotatable bonds is 7. The number of H-pyrrole nitrogens is 1. The van der Waals surface area contributed by atoms with Crippen molar-refractivity contribution in [2.75, 3.05) is 39.8 Å². The van der Waals surface area contributed by atoms with Gasteiger partial charge in [0.2, 0.25) is 0 Å². The average molecular weight is 448 g/mol. The predicted octanol–water partition coefficient (Wildman–Crippen LogP) is 3.40. The van der Waals surface area contributed by atoms with E-state index in [2.05, 4.69) is 92.5 Å². The molecule has 1 atom stereocenters. The van der Waals surface area contributed by atoms with E-state index in [-0.39, 0.29) is 11.8 Å². The van der Waals surface area contributed by atoms with Crippen LogP contribution in [0, 0.1) is 0 Å². The zero-order chi connectivity index (χ0) is 20.1. The highest BCUT2D eigenvalue weighted by molar-refractivity contribution is 9.10. The monoisotopic (exact) mass is 447 g/mol. The lowest BCUT2D eigenvalue weighted by atomic mass is 10.0. The molecule has 2 aromatic rings. The Bertz CT molecular complexity index is 776. The third kappa shape index (κ3) is 5.01. The van der Waals surface area contributed by atoms with Crippen molar-refractivity contribution in [3.05, 3.63) is 51.8 Å². The number of halogens is 1. The molecule has 7 heteroatoms. The number of nitrogens with one attached hydrogen (secondary N) is 2. The highest BCUT2D eigenvalue weighted by atomic mass is 79.9. The van der Waals surface area contributed by atoms with Crippen LogP contribution in [0.3, 0.4) is 0 Å². The molecular weight excluding hydrogens is 418 g/mol. The summed E-state index contributed by atoms with van der Waals surface area (Å²) in [6.45, 7) is 8.91. The van der Waals surface area contributed by atoms with Gasteiger partial charge in [0.25, 0.3) is 5.91 Å². The number of aromatic amines is 1. The van der Waals surface area contributed by atoms with Gasteiger partial charge in [-0.1, -0.05) is 44.2 Å². The second-order valence-electron chi connectivity index (χ2n) is 7.79. The van der Waals surface area contributed by atoms with Crippen LogP contribution >= 0.6 is 15.9 Å². The quantitative estimate of drug-likeness (QED) is 0.638. The Morgan fingerprint density at radius 3 is 2.75 bits per heavy atom. The SMILES string of the molecule is CC(C)c1[nH]nc(C(=O)NCCCN2CCN(C)CC2c2ccccc2)c1Br. The molecule has 152 valence electrons. The van der Waals surface area contributed by atoms with Crippen molar-refractivity contribution >= 4 is 21.8 Å². The molecule has 0 saturated carbocycles. The van der Waals surface area contributed by atoms with E-state index in [0.717, 1.165) is 42.8 Å². The minimum Gasteiger partial charge on any atom is -0.351 e. The summed E-state index contributed by atoms with van der Waals surface area (Å²) in [6.07, 6.45) is 0.915. The van der Waals surface area contributed by atoms with Gasteiger partial charge in [0.1, 0.15) is 0 Å². The molecule has 0 spiro atoms. The van der Waals surface area contributed by atoms with Gasteiger partial charge in [-0.2, -0.15) is 5.10 Å². The summed E-state index contributed by atoms with van der Waals surface area (Å²) < 4.78 is 0.767. The summed E-state index contributed by atoms with van der Waals surface area (Å²) in [5.74, 6) is 0.156. The normalized spacial score (nSPS) is 18.5. The summed E-state index contributed by atoms with van der Waals surface area (Å²) in [6, 6.07) is 11.1. The largest absolute Gasteiger partial charge is 0.351 e. The van der Waals surface area contributed by atoms with Crippen LogP contribution in [0.2, 0.25) is 0 Å². The Morgan fingerprint density at radius 1 is 1.32 bits per heavy atom. The molecule has 1 aromatic heterocycles. The smallest absolute Gasteiger partial charge is 0.272 e. The molecule has 0 aliphatic carbocycles. The molecule has 28 heavy (non-hydrogen) atoms. The van der Waals surface area contributed by atoms with Gasteiger partial charge >= 0.3 is 0 Å². The third-order valence-corrected chi connectivity index (χ3v) is 6.11. The highest BCUT2D eigenvalue weighted by Gasteiger charge is 2.26. The standard InChI is InChI=1S/C21H30BrN5O/c1-15(2)19-18(22)20(25-24-19)21(28)23-10-7-11-27-13-12-26(3)14-17(27)16-8-5-4-6-9-16/h4-6,8-9,15,17H,7,10-14H2,1-3H3,(H,23,28)(H,24,25). The number of hydrogen-bond acceptors (Lipinski definition) is 4. The highest BCUT2D eigenvalue weighted by Crippen LogP contribution is 2.26. The first kappa shape index (κ1) is 21.0. The van der Waals surface area contributed by atoms with Crippen LogP contribution in [-0.2, 0) is 0 Å². The van der Waals surface area contributed by atoms with Crippen LogP contribution in [-0.4, -0.2) is 65.7 Å². The molecule has 0 radical (unpaired) electrons. The maximum absolute atomic E-state index is 12.4. The molecular formula is C21H30BrN5O. The lowest BCUT2D eigenvalue weighted by Crippen LogP contribution is -2.47. The Hall–Kier alpha value is -1.70. The molecule has 3 rings (SSSR count). The van der Waals surface area contributed by atoms with E-state index in [4.69, 9.17) is 0 Å². The van der Waals surface area contributed by atoms with Crippen molar-refractivity contribution in [3.8, 4) is 0 Å². The molecule has 6 nitrogen and oxygen atoms in total. The fourth-order valence-electron chi connectivity index (χ4n) is 3.66. The van der Waals surface area contributed by atoms with E-state index >= 15 is 0 Å². The molecule has 1 aliphatic rings. The fourth-order valence-corrected chi connectivity index (χ4v) is 4.47. The number of carbonyl (C=O) groups is 1. The lowest BCUT2D eigenvalue weighted by Gasteiger charge is -2.40. The number of benzene rings is 1. The molecule has 1 unspecified atom stereocenters. The van der Waals surface area contributed by atoms with E-state index in [1.165, 1.54) is 5.56 Å². The Morgan fingerprint density at radius 2 is 2.07 bits per heavy atom. The zero-order valence-corrected chi connectivity index (χ0v) is 18.5. The van der Waals surface area contributed by atoms with Gasteiger partial charge in [0.05, 0.1) is 10.2 Å². The van der Waals surface area contributed by atoms with Gasteiger partial charge < -0.3 is 10.2 Å². The van der Waals surface area contributed by atoms with Gasteiger partial charge in [0, 0.05) is 38.8 Å². The van der Waals surface area contributed by atoms with E-state index in [0.29, 0.717) is 18.3 Å². The van der Waals surface area contributed by atoms with Crippen molar-refractivity contribution in [3.63, 3.8) is 0 Å². The Kier molecular flexibility index (Phi) is 7.26. The number of likely N-dealkylation sites (N-methyl/N-ethyl adjacent to an activating group) is 1. The van der Waals surface area contributed by atoms with Crippen LogP contribution in [0.1, 0.15) is 54.0 Å². The van der Waals surface area contributed by atoms with Gasteiger partial charge in [-0.05, 0) is 40.9 Å². The van der Waals surface area contributed by atoms with E-state index in [1.807, 2.05) is 0 Å². The van der Waals surface area contributed by atoms with Gasteiger partial charge in [-0.25, -0.2) is 0 Å². The van der Waals surface area contributed by atoms with Crippen molar-refractivity contribution in [2.24, 2.45) is 0 Å². The number of carbonyl (C=O) groups excluding carboxylic acids is 1. The third-order valence-electron chi connectivity index (χ3n) is 5.31. The molecule has 2 N–H and O–H groups in total. The van der Waals surface area contributed by atoms with Crippen molar-refractivity contribution in [1.82, 2.24) is 25.3 Å². The van der Waals surface area contributed by atoms with Gasteiger partial charge in [-0.15, -0.1) is 0 Å². The van der Waals surface area contributed by atoms with Crippen LogP contribution < -0.4 is 5.32 Å². The maximum atomic E-state index is 12.4. The Balaban J connectivity index is 1.52. The summed E-state index contributed by atoms with van der Waals surface area (Å²) in [5.41, 5.74) is 2.75. The van der Waals surface area contributed by atoms with Gasteiger partial charge in [-0.3, -0.25) is 14.8 Å². The molecule has 0 bridgehead atoms. The van der Waals surface area contributed by atoms with Crippen LogP contribution in [0.4, 0.5) is 0 Å². The summed E-state index contributed by atoms with van der Waals surface area (Å²) in [5, 5.41) is 10.1. The maximum Gasteiger partial charge on any atom is 0.272 e. The van der Waals surface area contributed by atoms with Crippen molar-refractivity contribution in [2.45, 2.75) is 32.2 Å². The lowest BCUT2D eigenvalue weighted by molar-refractivity contribution is 0.0864. The zero-order valence-electron chi connectivity index (χ0n) is 16.9. The van der Waals surface area contributed by atoms with Crippen molar-refractivity contribution < 1.29 is 4.79 Å². The van der Waals surface area contributed by atoms with E-state index in [9.17, 15) is 4.79 Å². The number of amides is 1. The number of hydrogen-bond donors (Lipinski definition) is 2. The second kappa shape index (κ2) is 9.67. The number of nitrogens with zero attached hydrogens (tertiary/aromatic N) is 3. The Labute approximate surface area is 175 Å². The topological polar surface area (TPSA) is 64.3 Å². The van der Waals surface area contributed by atoms with Crippen LogP contribution in [0.5, 0.6) is 0 Å². The molecule has 1 aromatic carbocycles. The van der Waals surface area contributed by atoms with Crippen LogP contribution in [0.25, 0.3) is 0 Å². The first-order valence-corrected chi connectivity index (χ1v) is 10.8. The van der Waals surface area contributed by atoms with Crippen molar-refractivity contribution in [1.29, 1.82) is 0 Å². The molecule has 1 fully saturated rings. The number of piperazine rings is 1. The molecule has 1 aliphatic heterocycles. The first-order valence-electron chi connectivity index (χ1n) is 9.97. The van der Waals surface area contributed by atoms with E-state index < -0.39 is 0 Å². The minimum absolute atomic E-state index is 0.131. The molecule has 1 saturated heterocycles. The predicted molar refractivity (Wildman–Crippen MR) is 116 cm³/mol. The minimum atomic E-state index is -0.131. The average Bonchev–Trinajstić information content (AvgIpc) is 3.08. The summed E-state index contributed by atoms with van der Waals surface area (Å²) >= 11 is 3.50.